The second kappa shape index (κ2) is 8.90. The fourth-order valence-corrected chi connectivity index (χ4v) is 4.04. The lowest BCUT2D eigenvalue weighted by Crippen LogP contribution is -1.89. The Hall–Kier alpha value is -1.26. The topological polar surface area (TPSA) is 18.5 Å². The molecule has 0 saturated carbocycles. The summed E-state index contributed by atoms with van der Waals surface area (Å²) in [6.07, 6.45) is 1.14. The highest BCUT2D eigenvalue weighted by Gasteiger charge is 2.04. The molecule has 0 spiro atoms. The average molecular weight is 320 g/mol. The van der Waals surface area contributed by atoms with E-state index in [0.717, 1.165) is 29.4 Å². The maximum atomic E-state index is 5.36. The first-order valence-electron chi connectivity index (χ1n) is 6.87. The molecule has 2 nitrogen and oxygen atoms in total. The maximum Gasteiger partial charge on any atom is 0.132 e. The first-order chi connectivity index (χ1) is 10.3. The van der Waals surface area contributed by atoms with E-state index in [4.69, 9.17) is 9.47 Å². The van der Waals surface area contributed by atoms with E-state index in [2.05, 4.69) is 24.3 Å². The molecule has 0 saturated heterocycles. The molecular weight excluding hydrogens is 300 g/mol. The van der Waals surface area contributed by atoms with Crippen LogP contribution in [0.5, 0.6) is 11.5 Å². The predicted octanol–water partition coefficient (Wildman–Crippen LogP) is 4.98. The Morgan fingerprint density at radius 1 is 0.714 bits per heavy atom. The number of hydrogen-bond acceptors (Lipinski definition) is 4. The molecule has 0 bridgehead atoms. The fourth-order valence-electron chi connectivity index (χ4n) is 1.90. The number of rotatable bonds is 8. The van der Waals surface area contributed by atoms with Crippen molar-refractivity contribution in [3.8, 4) is 11.5 Å². The van der Waals surface area contributed by atoms with Crippen LogP contribution in [0.25, 0.3) is 0 Å². The predicted molar refractivity (Wildman–Crippen MR) is 92.1 cm³/mol. The third-order valence-electron chi connectivity index (χ3n) is 2.94. The highest BCUT2D eigenvalue weighted by atomic mass is 32.2. The van der Waals surface area contributed by atoms with Crippen LogP contribution in [-0.2, 0) is 0 Å². The number of thioether (sulfide) groups is 2. The van der Waals surface area contributed by atoms with Crippen molar-refractivity contribution in [3.05, 3.63) is 48.5 Å². The smallest absolute Gasteiger partial charge is 0.132 e. The van der Waals surface area contributed by atoms with E-state index in [9.17, 15) is 0 Å². The monoisotopic (exact) mass is 320 g/mol. The van der Waals surface area contributed by atoms with Gasteiger partial charge in [0, 0.05) is 9.79 Å². The van der Waals surface area contributed by atoms with E-state index >= 15 is 0 Å². The zero-order valence-electron chi connectivity index (χ0n) is 12.4. The van der Waals surface area contributed by atoms with Crippen LogP contribution in [0.3, 0.4) is 0 Å². The van der Waals surface area contributed by atoms with Crippen LogP contribution in [0.4, 0.5) is 0 Å². The average Bonchev–Trinajstić information content (AvgIpc) is 2.55. The lowest BCUT2D eigenvalue weighted by atomic mass is 10.3. The van der Waals surface area contributed by atoms with Crippen molar-refractivity contribution >= 4 is 23.5 Å². The minimum atomic E-state index is 0.958. The van der Waals surface area contributed by atoms with E-state index in [1.54, 1.807) is 14.2 Å². The van der Waals surface area contributed by atoms with Gasteiger partial charge < -0.3 is 9.47 Å². The second-order valence-corrected chi connectivity index (χ2v) is 6.63. The maximum absolute atomic E-state index is 5.36. The second-order valence-electron chi connectivity index (χ2n) is 4.35. The zero-order chi connectivity index (χ0) is 14.9. The highest BCUT2D eigenvalue weighted by Crippen LogP contribution is 2.31. The molecule has 0 aliphatic carbocycles. The molecule has 0 radical (unpaired) electrons. The number of ether oxygens (including phenoxy) is 2. The van der Waals surface area contributed by atoms with Gasteiger partial charge in [0.15, 0.2) is 0 Å². The van der Waals surface area contributed by atoms with Crippen molar-refractivity contribution in [2.45, 2.75) is 16.2 Å². The summed E-state index contributed by atoms with van der Waals surface area (Å²) < 4.78 is 10.7. The molecule has 2 aromatic carbocycles. The molecule has 0 fully saturated rings. The Balaban J connectivity index is 1.75. The van der Waals surface area contributed by atoms with Gasteiger partial charge in [-0.25, -0.2) is 0 Å². The normalized spacial score (nSPS) is 10.4. The minimum absolute atomic E-state index is 0.958. The molecule has 2 aromatic rings. The summed E-state index contributed by atoms with van der Waals surface area (Å²) in [6.45, 7) is 0. The van der Waals surface area contributed by atoms with Gasteiger partial charge in [-0.3, -0.25) is 0 Å². The first kappa shape index (κ1) is 16.1. The summed E-state index contributed by atoms with van der Waals surface area (Å²) >= 11 is 3.69. The number of benzene rings is 2. The van der Waals surface area contributed by atoms with Gasteiger partial charge in [-0.2, -0.15) is 0 Å². The summed E-state index contributed by atoms with van der Waals surface area (Å²) in [4.78, 5) is 2.42. The first-order valence-corrected chi connectivity index (χ1v) is 8.84. The Labute approximate surface area is 135 Å². The molecule has 0 aliphatic heterocycles. The van der Waals surface area contributed by atoms with Crippen LogP contribution in [0.2, 0.25) is 0 Å². The summed E-state index contributed by atoms with van der Waals surface area (Å²) in [5, 5.41) is 0. The standard InChI is InChI=1S/C17H20O2S2/c1-18-14-8-3-5-10-16(14)20-12-7-13-21-17-11-6-4-9-15(17)19-2/h3-6,8-11H,7,12-13H2,1-2H3. The molecule has 0 heterocycles. The van der Waals surface area contributed by atoms with E-state index in [-0.39, 0.29) is 0 Å². The van der Waals surface area contributed by atoms with Gasteiger partial charge in [-0.05, 0) is 42.2 Å². The molecule has 4 heteroatoms. The van der Waals surface area contributed by atoms with Gasteiger partial charge in [0.2, 0.25) is 0 Å². The number of methoxy groups -OCH3 is 2. The van der Waals surface area contributed by atoms with Crippen molar-refractivity contribution in [2.24, 2.45) is 0 Å². The number of hydrogen-bond donors (Lipinski definition) is 0. The molecule has 0 aliphatic rings. The van der Waals surface area contributed by atoms with Crippen LogP contribution in [-0.4, -0.2) is 25.7 Å². The van der Waals surface area contributed by atoms with Gasteiger partial charge >= 0.3 is 0 Å². The van der Waals surface area contributed by atoms with Gasteiger partial charge in [-0.15, -0.1) is 23.5 Å². The molecule has 21 heavy (non-hydrogen) atoms. The quantitative estimate of drug-likeness (QED) is 0.504. The van der Waals surface area contributed by atoms with Gasteiger partial charge in [0.05, 0.1) is 14.2 Å². The summed E-state index contributed by atoms with van der Waals surface area (Å²) in [5.74, 6) is 4.09. The largest absolute Gasteiger partial charge is 0.496 e. The minimum Gasteiger partial charge on any atom is -0.496 e. The van der Waals surface area contributed by atoms with Crippen LogP contribution in [0.1, 0.15) is 6.42 Å². The Bertz CT molecular complexity index is 508. The highest BCUT2D eigenvalue weighted by molar-refractivity contribution is 8.00. The summed E-state index contributed by atoms with van der Waals surface area (Å²) in [5.41, 5.74) is 0. The van der Waals surface area contributed by atoms with E-state index in [0.29, 0.717) is 0 Å². The Morgan fingerprint density at radius 2 is 1.14 bits per heavy atom. The van der Waals surface area contributed by atoms with Gasteiger partial charge in [-0.1, -0.05) is 24.3 Å². The Morgan fingerprint density at radius 3 is 1.57 bits per heavy atom. The van der Waals surface area contributed by atoms with Crippen molar-refractivity contribution in [2.75, 3.05) is 25.7 Å². The molecular formula is C17H20O2S2. The van der Waals surface area contributed by atoms with E-state index < -0.39 is 0 Å². The van der Waals surface area contributed by atoms with Gasteiger partial charge in [0.25, 0.3) is 0 Å². The van der Waals surface area contributed by atoms with Crippen molar-refractivity contribution < 1.29 is 9.47 Å². The van der Waals surface area contributed by atoms with Gasteiger partial charge in [0.1, 0.15) is 11.5 Å². The lowest BCUT2D eigenvalue weighted by Gasteiger charge is -2.08. The zero-order valence-corrected chi connectivity index (χ0v) is 14.0. The lowest BCUT2D eigenvalue weighted by molar-refractivity contribution is 0.405. The fraction of sp³-hybridized carbons (Fsp3) is 0.294. The molecule has 2 rings (SSSR count). The molecule has 112 valence electrons. The van der Waals surface area contributed by atoms with Crippen LogP contribution in [0, 0.1) is 0 Å². The van der Waals surface area contributed by atoms with Crippen LogP contribution in [0.15, 0.2) is 58.3 Å². The van der Waals surface area contributed by atoms with Crippen LogP contribution >= 0.6 is 23.5 Å². The van der Waals surface area contributed by atoms with E-state index in [1.807, 2.05) is 47.8 Å². The number of para-hydroxylation sites is 2. The van der Waals surface area contributed by atoms with Crippen molar-refractivity contribution in [3.63, 3.8) is 0 Å². The Kier molecular flexibility index (Phi) is 6.83. The van der Waals surface area contributed by atoms with Crippen molar-refractivity contribution in [1.29, 1.82) is 0 Å². The van der Waals surface area contributed by atoms with E-state index in [1.165, 1.54) is 9.79 Å². The molecule has 0 amide bonds. The molecule has 0 unspecified atom stereocenters. The third kappa shape index (κ3) is 4.90. The van der Waals surface area contributed by atoms with Crippen LogP contribution < -0.4 is 9.47 Å². The van der Waals surface area contributed by atoms with Crippen molar-refractivity contribution in [1.82, 2.24) is 0 Å². The molecule has 0 atom stereocenters. The SMILES string of the molecule is COc1ccccc1SCCCSc1ccccc1OC. The molecule has 0 aromatic heterocycles. The molecule has 0 N–H and O–H groups in total. The third-order valence-corrected chi connectivity index (χ3v) is 5.22. The summed E-state index contributed by atoms with van der Waals surface area (Å²) in [6, 6.07) is 16.3. The summed E-state index contributed by atoms with van der Waals surface area (Å²) in [7, 11) is 3.44.